The van der Waals surface area contributed by atoms with Gasteiger partial charge in [0.15, 0.2) is 16.6 Å². The number of hydrogen-bond donors (Lipinski definition) is 3. The van der Waals surface area contributed by atoms with E-state index in [9.17, 15) is 9.90 Å². The van der Waals surface area contributed by atoms with Crippen LogP contribution in [0.5, 0.6) is 11.5 Å². The summed E-state index contributed by atoms with van der Waals surface area (Å²) in [6, 6.07) is 3.28. The van der Waals surface area contributed by atoms with Crippen LogP contribution in [0, 0.1) is 6.92 Å². The second-order valence-electron chi connectivity index (χ2n) is 4.45. The Hall–Kier alpha value is -2.13. The predicted octanol–water partition coefficient (Wildman–Crippen LogP) is 2.66. The minimum Gasteiger partial charge on any atom is -0.503 e. The van der Waals surface area contributed by atoms with E-state index in [1.165, 1.54) is 6.21 Å². The smallest absolute Gasteiger partial charge is 0.283 e. The first-order valence-electron chi connectivity index (χ1n) is 6.64. The zero-order valence-electron chi connectivity index (χ0n) is 12.5. The second kappa shape index (κ2) is 7.42. The highest BCUT2D eigenvalue weighted by atomic mass is 79.9. The zero-order valence-corrected chi connectivity index (χ0v) is 14.9. The monoisotopic (exact) mass is 398 g/mol. The maximum absolute atomic E-state index is 12.0. The summed E-state index contributed by atoms with van der Waals surface area (Å²) in [6.07, 6.45) is 1.45. The predicted molar refractivity (Wildman–Crippen MR) is 93.3 cm³/mol. The topological polar surface area (TPSA) is 110 Å². The lowest BCUT2D eigenvalue weighted by Gasteiger charge is -2.08. The first-order chi connectivity index (χ1) is 10.9. The molecule has 0 aliphatic heterocycles. The molecule has 0 fully saturated rings. The van der Waals surface area contributed by atoms with Crippen molar-refractivity contribution in [2.75, 3.05) is 12.3 Å². The highest BCUT2D eigenvalue weighted by Gasteiger charge is 2.13. The molecule has 2 rings (SSSR count). The molecule has 9 heteroatoms. The molecule has 0 saturated heterocycles. The summed E-state index contributed by atoms with van der Waals surface area (Å²) >= 11 is 4.34. The number of carbonyl (C=O) groups excluding carboxylic acids is 1. The largest absolute Gasteiger partial charge is 0.503 e. The molecule has 0 saturated carbocycles. The fourth-order valence-corrected chi connectivity index (χ4v) is 2.96. The molecule has 0 aliphatic carbocycles. The van der Waals surface area contributed by atoms with E-state index >= 15 is 0 Å². The number of rotatable bonds is 5. The van der Waals surface area contributed by atoms with Crippen LogP contribution in [-0.2, 0) is 0 Å². The number of benzene rings is 1. The van der Waals surface area contributed by atoms with E-state index in [1.54, 1.807) is 19.1 Å². The number of ether oxygens (including phenoxy) is 1. The lowest BCUT2D eigenvalue weighted by Crippen LogP contribution is -2.17. The van der Waals surface area contributed by atoms with Gasteiger partial charge in [0.05, 0.1) is 23.0 Å². The maximum atomic E-state index is 12.0. The molecule has 0 radical (unpaired) electrons. The van der Waals surface area contributed by atoms with Crippen LogP contribution in [0.15, 0.2) is 21.7 Å². The number of thiazole rings is 1. The van der Waals surface area contributed by atoms with E-state index in [2.05, 4.69) is 31.4 Å². The molecular formula is C14H15BrN4O3S. The summed E-state index contributed by atoms with van der Waals surface area (Å²) in [5, 5.41) is 14.1. The quantitative estimate of drug-likeness (QED) is 0.529. The first kappa shape index (κ1) is 17.2. The van der Waals surface area contributed by atoms with Crippen LogP contribution in [0.4, 0.5) is 5.13 Å². The van der Waals surface area contributed by atoms with Gasteiger partial charge in [-0.15, -0.1) is 0 Å². The van der Waals surface area contributed by atoms with Gasteiger partial charge >= 0.3 is 0 Å². The van der Waals surface area contributed by atoms with Crippen LogP contribution in [0.25, 0.3) is 0 Å². The Morgan fingerprint density at radius 3 is 2.96 bits per heavy atom. The number of nitrogens with zero attached hydrogens (tertiary/aromatic N) is 2. The number of hydrogen-bond acceptors (Lipinski definition) is 7. The number of aryl methyl sites for hydroxylation is 1. The third-order valence-electron chi connectivity index (χ3n) is 2.75. The lowest BCUT2D eigenvalue weighted by atomic mass is 10.2. The molecule has 1 aromatic carbocycles. The SMILES string of the molecule is CCOc1cc(/C=N\NC(=O)c2sc(N)nc2C)cc(Br)c1O. The fourth-order valence-electron chi connectivity index (χ4n) is 1.78. The van der Waals surface area contributed by atoms with Crippen LogP contribution in [0.3, 0.4) is 0 Å². The third-order valence-corrected chi connectivity index (χ3v) is 4.34. The number of phenols is 1. The number of nitrogen functional groups attached to an aromatic ring is 1. The number of phenolic OH excluding ortho intramolecular Hbond substituents is 1. The van der Waals surface area contributed by atoms with Gasteiger partial charge in [-0.25, -0.2) is 10.4 Å². The number of hydrazone groups is 1. The minimum absolute atomic E-state index is 0.0174. The summed E-state index contributed by atoms with van der Waals surface area (Å²) in [7, 11) is 0. The van der Waals surface area contributed by atoms with E-state index in [0.29, 0.717) is 38.1 Å². The maximum Gasteiger partial charge on any atom is 0.283 e. The van der Waals surface area contributed by atoms with Crippen molar-refractivity contribution in [1.29, 1.82) is 0 Å². The van der Waals surface area contributed by atoms with Gasteiger partial charge in [0.2, 0.25) is 0 Å². The summed E-state index contributed by atoms with van der Waals surface area (Å²) in [6.45, 7) is 3.94. The van der Waals surface area contributed by atoms with E-state index in [-0.39, 0.29) is 11.7 Å². The molecule has 1 amide bonds. The van der Waals surface area contributed by atoms with E-state index < -0.39 is 0 Å². The van der Waals surface area contributed by atoms with Gasteiger partial charge < -0.3 is 15.6 Å². The van der Waals surface area contributed by atoms with Crippen molar-refractivity contribution in [1.82, 2.24) is 10.4 Å². The first-order valence-corrected chi connectivity index (χ1v) is 8.25. The Kier molecular flexibility index (Phi) is 5.56. The number of amides is 1. The van der Waals surface area contributed by atoms with Crippen LogP contribution >= 0.6 is 27.3 Å². The van der Waals surface area contributed by atoms with Gasteiger partial charge in [-0.05, 0) is 47.5 Å². The Bertz CT molecular complexity index is 761. The van der Waals surface area contributed by atoms with Crippen molar-refractivity contribution in [3.05, 3.63) is 32.7 Å². The van der Waals surface area contributed by atoms with Crippen LogP contribution in [-0.4, -0.2) is 28.8 Å². The number of nitrogens with one attached hydrogen (secondary N) is 1. The van der Waals surface area contributed by atoms with Crippen molar-refractivity contribution in [2.24, 2.45) is 5.10 Å². The van der Waals surface area contributed by atoms with Crippen molar-refractivity contribution in [3.8, 4) is 11.5 Å². The molecule has 0 aliphatic rings. The number of aromatic nitrogens is 1. The highest BCUT2D eigenvalue weighted by Crippen LogP contribution is 2.35. The average molecular weight is 399 g/mol. The molecule has 7 nitrogen and oxygen atoms in total. The molecule has 1 aromatic heterocycles. The molecule has 1 heterocycles. The standard InChI is InChI=1S/C14H15BrN4O3S/c1-3-22-10-5-8(4-9(15)11(10)20)6-17-19-13(21)12-7(2)18-14(16)23-12/h4-6,20H,3H2,1-2H3,(H2,16,18)(H,19,21)/b17-6-. The Balaban J connectivity index is 2.11. The van der Waals surface area contributed by atoms with Crippen LogP contribution < -0.4 is 15.9 Å². The number of nitrogens with two attached hydrogens (primary N) is 1. The van der Waals surface area contributed by atoms with Gasteiger partial charge in [0.1, 0.15) is 4.88 Å². The van der Waals surface area contributed by atoms with Gasteiger partial charge in [0.25, 0.3) is 5.91 Å². The van der Waals surface area contributed by atoms with Crippen molar-refractivity contribution in [3.63, 3.8) is 0 Å². The van der Waals surface area contributed by atoms with Gasteiger partial charge in [-0.3, -0.25) is 4.79 Å². The normalized spacial score (nSPS) is 10.9. The summed E-state index contributed by atoms with van der Waals surface area (Å²) in [5.41, 5.74) is 9.19. The molecule has 23 heavy (non-hydrogen) atoms. The molecule has 0 atom stereocenters. The Morgan fingerprint density at radius 1 is 1.61 bits per heavy atom. The molecule has 0 unspecified atom stereocenters. The van der Waals surface area contributed by atoms with Crippen LogP contribution in [0.2, 0.25) is 0 Å². The summed E-state index contributed by atoms with van der Waals surface area (Å²) in [4.78, 5) is 16.4. The van der Waals surface area contributed by atoms with Crippen molar-refractivity contribution in [2.45, 2.75) is 13.8 Å². The lowest BCUT2D eigenvalue weighted by molar-refractivity contribution is 0.0958. The number of anilines is 1. The van der Waals surface area contributed by atoms with Crippen molar-refractivity contribution >= 4 is 44.5 Å². The number of aromatic hydroxyl groups is 1. The number of carbonyl (C=O) groups is 1. The van der Waals surface area contributed by atoms with Gasteiger partial charge in [-0.2, -0.15) is 5.10 Å². The molecule has 4 N–H and O–H groups in total. The molecule has 0 spiro atoms. The minimum atomic E-state index is -0.379. The number of halogens is 1. The van der Waals surface area contributed by atoms with Crippen molar-refractivity contribution < 1.29 is 14.6 Å². The second-order valence-corrected chi connectivity index (χ2v) is 6.33. The molecule has 0 bridgehead atoms. The molecule has 2 aromatic rings. The molecule has 122 valence electrons. The third kappa shape index (κ3) is 4.20. The van der Waals surface area contributed by atoms with Gasteiger partial charge in [-0.1, -0.05) is 11.3 Å². The average Bonchev–Trinajstić information content (AvgIpc) is 2.83. The van der Waals surface area contributed by atoms with Gasteiger partial charge in [0, 0.05) is 0 Å². The Labute approximate surface area is 145 Å². The van der Waals surface area contributed by atoms with Crippen LogP contribution in [0.1, 0.15) is 27.9 Å². The van der Waals surface area contributed by atoms with E-state index in [4.69, 9.17) is 10.5 Å². The Morgan fingerprint density at radius 2 is 2.35 bits per heavy atom. The van der Waals surface area contributed by atoms with E-state index in [1.807, 2.05) is 6.92 Å². The summed E-state index contributed by atoms with van der Waals surface area (Å²) < 4.78 is 5.80. The fraction of sp³-hybridized carbons (Fsp3) is 0.214. The zero-order chi connectivity index (χ0) is 17.0. The highest BCUT2D eigenvalue weighted by molar-refractivity contribution is 9.10. The van der Waals surface area contributed by atoms with E-state index in [0.717, 1.165) is 11.3 Å². The summed E-state index contributed by atoms with van der Waals surface area (Å²) in [5.74, 6) is -0.0275. The molecular weight excluding hydrogens is 384 g/mol.